The Hall–Kier alpha value is -0.740. The van der Waals surface area contributed by atoms with E-state index in [1.54, 1.807) is 6.07 Å². The zero-order valence-corrected chi connectivity index (χ0v) is 17.1. The quantitative estimate of drug-likeness (QED) is 0.533. The van der Waals surface area contributed by atoms with Gasteiger partial charge in [0.2, 0.25) is 0 Å². The Bertz CT molecular complexity index is 717. The molecule has 0 amide bonds. The summed E-state index contributed by atoms with van der Waals surface area (Å²) in [6.45, 7) is 1.29. The van der Waals surface area contributed by atoms with Crippen molar-refractivity contribution in [1.82, 2.24) is 5.32 Å². The molecule has 1 saturated carbocycles. The second-order valence-corrected chi connectivity index (χ2v) is 8.24. The molecule has 2 aromatic carbocycles. The van der Waals surface area contributed by atoms with E-state index in [4.69, 9.17) is 27.9 Å². The van der Waals surface area contributed by atoms with E-state index in [-0.39, 0.29) is 0 Å². The Labute approximate surface area is 168 Å². The molecule has 2 nitrogen and oxygen atoms in total. The fourth-order valence-corrected chi connectivity index (χ4v) is 3.91. The summed E-state index contributed by atoms with van der Waals surface area (Å²) in [4.78, 5) is 0. The monoisotopic (exact) mass is 441 g/mol. The van der Waals surface area contributed by atoms with E-state index in [1.807, 2.05) is 24.3 Å². The first-order chi connectivity index (χ1) is 12.1. The van der Waals surface area contributed by atoms with Crippen molar-refractivity contribution in [3.63, 3.8) is 0 Å². The third-order valence-electron chi connectivity index (χ3n) is 4.59. The predicted molar refractivity (Wildman–Crippen MR) is 109 cm³/mol. The Morgan fingerprint density at radius 3 is 2.56 bits per heavy atom. The van der Waals surface area contributed by atoms with E-state index in [9.17, 15) is 0 Å². The van der Waals surface area contributed by atoms with Crippen molar-refractivity contribution in [1.29, 1.82) is 0 Å². The lowest BCUT2D eigenvalue weighted by molar-refractivity contribution is 0.299. The fraction of sp³-hybridized carbons (Fsp3) is 0.400. The molecular formula is C20H22BrCl2NO. The Morgan fingerprint density at radius 1 is 1.00 bits per heavy atom. The molecule has 1 fully saturated rings. The maximum atomic E-state index is 6.08. The number of halogens is 3. The third kappa shape index (κ3) is 5.62. The molecule has 25 heavy (non-hydrogen) atoms. The van der Waals surface area contributed by atoms with Gasteiger partial charge in [0.15, 0.2) is 0 Å². The molecule has 1 aliphatic carbocycles. The Kier molecular flexibility index (Phi) is 7.06. The lowest BCUT2D eigenvalue weighted by atomic mass is 9.95. The summed E-state index contributed by atoms with van der Waals surface area (Å²) < 4.78 is 7.12. The van der Waals surface area contributed by atoms with Crippen LogP contribution in [0.5, 0.6) is 5.75 Å². The normalized spacial score (nSPS) is 15.3. The molecule has 134 valence electrons. The maximum Gasteiger partial charge on any atom is 0.124 e. The van der Waals surface area contributed by atoms with Crippen LogP contribution in [0.1, 0.15) is 43.2 Å². The van der Waals surface area contributed by atoms with Gasteiger partial charge < -0.3 is 10.1 Å². The van der Waals surface area contributed by atoms with Gasteiger partial charge in [0.05, 0.1) is 10.0 Å². The van der Waals surface area contributed by atoms with Crippen LogP contribution in [0.4, 0.5) is 0 Å². The van der Waals surface area contributed by atoms with Crippen LogP contribution < -0.4 is 10.1 Å². The highest BCUT2D eigenvalue weighted by Gasteiger charge is 2.14. The summed E-state index contributed by atoms with van der Waals surface area (Å²) >= 11 is 15.6. The zero-order valence-electron chi connectivity index (χ0n) is 14.0. The average molecular weight is 443 g/mol. The molecule has 5 heteroatoms. The minimum Gasteiger partial charge on any atom is -0.489 e. The van der Waals surface area contributed by atoms with Crippen molar-refractivity contribution < 1.29 is 4.74 Å². The van der Waals surface area contributed by atoms with E-state index in [0.29, 0.717) is 22.7 Å². The first-order valence-electron chi connectivity index (χ1n) is 8.70. The largest absolute Gasteiger partial charge is 0.489 e. The van der Waals surface area contributed by atoms with Crippen molar-refractivity contribution in [2.45, 2.75) is 51.3 Å². The summed E-state index contributed by atoms with van der Waals surface area (Å²) in [5.41, 5.74) is 2.17. The van der Waals surface area contributed by atoms with Gasteiger partial charge in [0, 0.05) is 22.6 Å². The standard InChI is InChI=1S/C20H22BrCl2NO/c21-16-7-9-20(25-13-14-6-8-18(22)19(23)10-14)15(11-16)12-24-17-4-2-1-3-5-17/h6-11,17,24H,1-5,12-13H2. The molecular weight excluding hydrogens is 421 g/mol. The SMILES string of the molecule is Clc1ccc(COc2ccc(Br)cc2CNC2CCCCC2)cc1Cl. The van der Waals surface area contributed by atoms with E-state index >= 15 is 0 Å². The van der Waals surface area contributed by atoms with Crippen molar-refractivity contribution >= 4 is 39.1 Å². The summed E-state index contributed by atoms with van der Waals surface area (Å²) in [6.07, 6.45) is 6.57. The molecule has 0 radical (unpaired) electrons. The molecule has 1 aliphatic rings. The third-order valence-corrected chi connectivity index (χ3v) is 5.82. The van der Waals surface area contributed by atoms with Gasteiger partial charge in [0.1, 0.15) is 12.4 Å². The van der Waals surface area contributed by atoms with Gasteiger partial charge in [-0.1, -0.05) is 64.5 Å². The Balaban J connectivity index is 1.64. The van der Waals surface area contributed by atoms with Gasteiger partial charge in [-0.15, -0.1) is 0 Å². The van der Waals surface area contributed by atoms with Crippen molar-refractivity contribution in [2.24, 2.45) is 0 Å². The topological polar surface area (TPSA) is 21.3 Å². The minimum absolute atomic E-state index is 0.467. The van der Waals surface area contributed by atoms with Crippen LogP contribution in [-0.2, 0) is 13.2 Å². The van der Waals surface area contributed by atoms with Gasteiger partial charge >= 0.3 is 0 Å². The smallest absolute Gasteiger partial charge is 0.124 e. The summed E-state index contributed by atoms with van der Waals surface area (Å²) in [7, 11) is 0. The van der Waals surface area contributed by atoms with Crippen LogP contribution in [-0.4, -0.2) is 6.04 Å². The fourth-order valence-electron chi connectivity index (χ4n) is 3.18. The predicted octanol–water partition coefficient (Wildman–Crippen LogP) is 6.76. The van der Waals surface area contributed by atoms with Gasteiger partial charge in [-0.05, 0) is 48.7 Å². The number of rotatable bonds is 6. The van der Waals surface area contributed by atoms with Crippen molar-refractivity contribution in [3.8, 4) is 5.75 Å². The summed E-state index contributed by atoms with van der Waals surface area (Å²) in [5, 5.41) is 4.80. The van der Waals surface area contributed by atoms with Gasteiger partial charge in [-0.25, -0.2) is 0 Å². The maximum absolute atomic E-state index is 6.08. The summed E-state index contributed by atoms with van der Waals surface area (Å²) in [5.74, 6) is 0.901. The molecule has 1 N–H and O–H groups in total. The second kappa shape index (κ2) is 9.27. The molecule has 0 spiro atoms. The second-order valence-electron chi connectivity index (χ2n) is 6.51. The number of nitrogens with one attached hydrogen (secondary N) is 1. The highest BCUT2D eigenvalue weighted by molar-refractivity contribution is 9.10. The van der Waals surface area contributed by atoms with E-state index in [0.717, 1.165) is 22.3 Å². The number of benzene rings is 2. The lowest BCUT2D eigenvalue weighted by Crippen LogP contribution is -2.30. The summed E-state index contributed by atoms with van der Waals surface area (Å²) in [6, 6.07) is 12.4. The van der Waals surface area contributed by atoms with Crippen LogP contribution in [0.3, 0.4) is 0 Å². The van der Waals surface area contributed by atoms with Crippen molar-refractivity contribution in [3.05, 3.63) is 62.0 Å². The molecule has 0 atom stereocenters. The molecule has 3 rings (SSSR count). The van der Waals surface area contributed by atoms with Gasteiger partial charge in [0.25, 0.3) is 0 Å². The van der Waals surface area contributed by atoms with Gasteiger partial charge in [-0.2, -0.15) is 0 Å². The molecule has 0 bridgehead atoms. The minimum atomic E-state index is 0.467. The van der Waals surface area contributed by atoms with Crippen LogP contribution >= 0.6 is 39.1 Å². The Morgan fingerprint density at radius 2 is 1.80 bits per heavy atom. The molecule has 0 aliphatic heterocycles. The van der Waals surface area contributed by atoms with Crippen LogP contribution in [0.15, 0.2) is 40.9 Å². The van der Waals surface area contributed by atoms with Crippen LogP contribution in [0.2, 0.25) is 10.0 Å². The highest BCUT2D eigenvalue weighted by atomic mass is 79.9. The highest BCUT2D eigenvalue weighted by Crippen LogP contribution is 2.27. The number of ether oxygens (including phenoxy) is 1. The lowest BCUT2D eigenvalue weighted by Gasteiger charge is -2.23. The molecule has 0 heterocycles. The number of hydrogen-bond donors (Lipinski definition) is 1. The van der Waals surface area contributed by atoms with E-state index in [2.05, 4.69) is 27.3 Å². The zero-order chi connectivity index (χ0) is 17.6. The van der Waals surface area contributed by atoms with Crippen molar-refractivity contribution in [2.75, 3.05) is 0 Å². The molecule has 0 aromatic heterocycles. The molecule has 0 saturated heterocycles. The van der Waals surface area contributed by atoms with Crippen LogP contribution in [0, 0.1) is 0 Å². The first-order valence-corrected chi connectivity index (χ1v) is 10.3. The molecule has 0 unspecified atom stereocenters. The van der Waals surface area contributed by atoms with Crippen LogP contribution in [0.25, 0.3) is 0 Å². The van der Waals surface area contributed by atoms with E-state index in [1.165, 1.54) is 37.7 Å². The van der Waals surface area contributed by atoms with Gasteiger partial charge in [-0.3, -0.25) is 0 Å². The average Bonchev–Trinajstić information content (AvgIpc) is 2.63. The molecule has 2 aromatic rings. The first kappa shape index (κ1) is 19.0. The number of hydrogen-bond acceptors (Lipinski definition) is 2. The van der Waals surface area contributed by atoms with E-state index < -0.39 is 0 Å².